The summed E-state index contributed by atoms with van der Waals surface area (Å²) < 4.78 is 0. The Kier molecular flexibility index (Phi) is 7.28. The highest BCUT2D eigenvalue weighted by atomic mass is 35.5. The topological polar surface area (TPSA) is 91.4 Å². The van der Waals surface area contributed by atoms with E-state index in [1.165, 1.54) is 0 Å². The highest BCUT2D eigenvalue weighted by Gasteiger charge is 2.38. The first-order chi connectivity index (χ1) is 15.9. The molecule has 0 unspecified atom stereocenters. The van der Waals surface area contributed by atoms with Crippen LogP contribution < -0.4 is 10.6 Å². The largest absolute Gasteiger partial charge is 0.352 e. The molecule has 0 bridgehead atoms. The zero-order chi connectivity index (χ0) is 23.3. The fourth-order valence-corrected chi connectivity index (χ4v) is 4.85. The predicted octanol–water partition coefficient (Wildman–Crippen LogP) is 3.01. The maximum atomic E-state index is 13.4. The van der Waals surface area contributed by atoms with Gasteiger partial charge in [0.05, 0.1) is 0 Å². The normalized spacial score (nSPS) is 22.2. The minimum Gasteiger partial charge on any atom is -0.352 e. The Morgan fingerprint density at radius 3 is 2.58 bits per heavy atom. The number of carbonyl (C=O) groups excluding carboxylic acids is 3. The minimum atomic E-state index is -0.442. The molecule has 1 aromatic carbocycles. The monoisotopic (exact) mass is 468 g/mol. The number of amides is 3. The average Bonchev–Trinajstić information content (AvgIpc) is 3.39. The van der Waals surface area contributed by atoms with Crippen molar-refractivity contribution in [1.82, 2.24) is 20.5 Å². The molecule has 2 N–H and O–H groups in total. The molecule has 0 spiro atoms. The molecule has 0 aliphatic carbocycles. The van der Waals surface area contributed by atoms with Gasteiger partial charge in [0.25, 0.3) is 0 Å². The van der Waals surface area contributed by atoms with E-state index < -0.39 is 5.54 Å². The summed E-state index contributed by atoms with van der Waals surface area (Å²) in [5.41, 5.74) is 1.58. The number of hydrogen-bond donors (Lipinski definition) is 2. The number of carbonyl (C=O) groups is 3. The second-order valence-electron chi connectivity index (χ2n) is 9.07. The standard InChI is InChI=1S/C25H29ClN4O3/c26-20-5-3-18(4-6-20)14-25(11-9-23(32)29-25)12-10-24(33)30(16-19-2-1-13-27-15-19)17-21-7-8-22(31)28-21/h1-6,13,15,21H,7-12,14,16-17H2,(H,28,31)(H,29,32)/t21-,25-/m0/s1. The van der Waals surface area contributed by atoms with Crippen molar-refractivity contribution in [3.05, 3.63) is 64.9 Å². The van der Waals surface area contributed by atoms with Crippen LogP contribution in [0.15, 0.2) is 48.8 Å². The highest BCUT2D eigenvalue weighted by molar-refractivity contribution is 6.30. The summed E-state index contributed by atoms with van der Waals surface area (Å²) in [5, 5.41) is 6.77. The molecule has 33 heavy (non-hydrogen) atoms. The molecule has 174 valence electrons. The van der Waals surface area contributed by atoms with Gasteiger partial charge in [0, 0.05) is 61.3 Å². The lowest BCUT2D eigenvalue weighted by Crippen LogP contribution is -2.46. The highest BCUT2D eigenvalue weighted by Crippen LogP contribution is 2.30. The molecule has 4 rings (SSSR count). The minimum absolute atomic E-state index is 0.0108. The molecule has 2 fully saturated rings. The van der Waals surface area contributed by atoms with Crippen LogP contribution in [0.25, 0.3) is 0 Å². The lowest BCUT2D eigenvalue weighted by molar-refractivity contribution is -0.133. The van der Waals surface area contributed by atoms with E-state index in [9.17, 15) is 14.4 Å². The number of rotatable bonds is 9. The molecule has 2 aromatic rings. The zero-order valence-corrected chi connectivity index (χ0v) is 19.3. The van der Waals surface area contributed by atoms with Crippen LogP contribution in [-0.4, -0.2) is 45.7 Å². The Morgan fingerprint density at radius 1 is 1.12 bits per heavy atom. The molecule has 7 nitrogen and oxygen atoms in total. The van der Waals surface area contributed by atoms with Crippen molar-refractivity contribution in [1.29, 1.82) is 0 Å². The predicted molar refractivity (Wildman–Crippen MR) is 125 cm³/mol. The van der Waals surface area contributed by atoms with Crippen LogP contribution >= 0.6 is 11.6 Å². The molecular formula is C25H29ClN4O3. The van der Waals surface area contributed by atoms with E-state index >= 15 is 0 Å². The smallest absolute Gasteiger partial charge is 0.223 e. The molecular weight excluding hydrogens is 440 g/mol. The number of nitrogens with zero attached hydrogens (tertiary/aromatic N) is 2. The second kappa shape index (κ2) is 10.3. The average molecular weight is 469 g/mol. The first-order valence-electron chi connectivity index (χ1n) is 11.4. The number of nitrogens with one attached hydrogen (secondary N) is 2. The van der Waals surface area contributed by atoms with Crippen LogP contribution in [0.3, 0.4) is 0 Å². The zero-order valence-electron chi connectivity index (χ0n) is 18.6. The van der Waals surface area contributed by atoms with Crippen molar-refractivity contribution in [2.24, 2.45) is 0 Å². The Hall–Kier alpha value is -2.93. The lowest BCUT2D eigenvalue weighted by Gasteiger charge is -2.31. The molecule has 8 heteroatoms. The lowest BCUT2D eigenvalue weighted by atomic mass is 9.85. The maximum absolute atomic E-state index is 13.4. The summed E-state index contributed by atoms with van der Waals surface area (Å²) in [4.78, 5) is 43.1. The first-order valence-corrected chi connectivity index (χ1v) is 11.8. The summed E-state index contributed by atoms with van der Waals surface area (Å²) >= 11 is 6.02. The van der Waals surface area contributed by atoms with E-state index in [2.05, 4.69) is 15.6 Å². The van der Waals surface area contributed by atoms with E-state index in [-0.39, 0.29) is 23.8 Å². The SMILES string of the molecule is O=C1CC[C@@H](CN(Cc2cccnc2)C(=O)CC[C@]2(Cc3ccc(Cl)cc3)CCC(=O)N2)N1. The van der Waals surface area contributed by atoms with Gasteiger partial charge in [-0.1, -0.05) is 29.8 Å². The third-order valence-electron chi connectivity index (χ3n) is 6.48. The molecule has 2 atom stereocenters. The summed E-state index contributed by atoms with van der Waals surface area (Å²) in [7, 11) is 0. The van der Waals surface area contributed by atoms with E-state index in [1.807, 2.05) is 36.4 Å². The van der Waals surface area contributed by atoms with Crippen LogP contribution in [0.2, 0.25) is 5.02 Å². The van der Waals surface area contributed by atoms with Crippen LogP contribution in [0.5, 0.6) is 0 Å². The Morgan fingerprint density at radius 2 is 1.94 bits per heavy atom. The van der Waals surface area contributed by atoms with Crippen LogP contribution in [0.4, 0.5) is 0 Å². The molecule has 1 aromatic heterocycles. The molecule has 3 amide bonds. The van der Waals surface area contributed by atoms with Crippen molar-refractivity contribution >= 4 is 29.3 Å². The van der Waals surface area contributed by atoms with Crippen LogP contribution in [0.1, 0.15) is 49.7 Å². The Bertz CT molecular complexity index is 998. The number of hydrogen-bond acceptors (Lipinski definition) is 4. The number of halogens is 1. The van der Waals surface area contributed by atoms with Gasteiger partial charge in [0.2, 0.25) is 17.7 Å². The van der Waals surface area contributed by atoms with Gasteiger partial charge in [-0.2, -0.15) is 0 Å². The van der Waals surface area contributed by atoms with Gasteiger partial charge in [-0.25, -0.2) is 0 Å². The number of benzene rings is 1. The molecule has 0 saturated carbocycles. The van der Waals surface area contributed by atoms with Crippen molar-refractivity contribution in [2.75, 3.05) is 6.54 Å². The van der Waals surface area contributed by atoms with Crippen molar-refractivity contribution in [2.45, 2.75) is 63.1 Å². The molecule has 0 radical (unpaired) electrons. The van der Waals surface area contributed by atoms with Crippen LogP contribution in [-0.2, 0) is 27.3 Å². The van der Waals surface area contributed by atoms with Gasteiger partial charge in [-0.15, -0.1) is 0 Å². The Balaban J connectivity index is 1.44. The van der Waals surface area contributed by atoms with E-state index in [1.54, 1.807) is 17.3 Å². The number of pyridine rings is 1. The first kappa shape index (κ1) is 23.2. The Labute approximate surface area is 198 Å². The van der Waals surface area contributed by atoms with E-state index in [0.717, 1.165) is 17.5 Å². The van der Waals surface area contributed by atoms with Gasteiger partial charge in [0.15, 0.2) is 0 Å². The molecule has 2 aliphatic heterocycles. The third-order valence-corrected chi connectivity index (χ3v) is 6.74. The second-order valence-corrected chi connectivity index (χ2v) is 9.51. The van der Waals surface area contributed by atoms with Gasteiger partial charge in [-0.3, -0.25) is 19.4 Å². The van der Waals surface area contributed by atoms with E-state index in [4.69, 9.17) is 11.6 Å². The summed E-state index contributed by atoms with van der Waals surface area (Å²) in [6.07, 6.45) is 7.38. The van der Waals surface area contributed by atoms with Gasteiger partial charge >= 0.3 is 0 Å². The van der Waals surface area contributed by atoms with Crippen molar-refractivity contribution in [3.8, 4) is 0 Å². The molecule has 3 heterocycles. The quantitative estimate of drug-likeness (QED) is 0.591. The van der Waals surface area contributed by atoms with E-state index in [0.29, 0.717) is 56.6 Å². The third kappa shape index (κ3) is 6.32. The fraction of sp³-hybridized carbons (Fsp3) is 0.440. The van der Waals surface area contributed by atoms with Crippen molar-refractivity contribution < 1.29 is 14.4 Å². The molecule has 2 saturated heterocycles. The maximum Gasteiger partial charge on any atom is 0.223 e. The van der Waals surface area contributed by atoms with Crippen molar-refractivity contribution in [3.63, 3.8) is 0 Å². The van der Waals surface area contributed by atoms with Gasteiger partial charge < -0.3 is 15.5 Å². The van der Waals surface area contributed by atoms with Gasteiger partial charge in [0.1, 0.15) is 0 Å². The summed E-state index contributed by atoms with van der Waals surface area (Å²) in [6.45, 7) is 0.908. The fourth-order valence-electron chi connectivity index (χ4n) is 4.73. The number of aromatic nitrogens is 1. The van der Waals surface area contributed by atoms with Crippen LogP contribution in [0, 0.1) is 0 Å². The summed E-state index contributed by atoms with van der Waals surface area (Å²) in [6, 6.07) is 11.4. The molecule has 2 aliphatic rings. The summed E-state index contributed by atoms with van der Waals surface area (Å²) in [5.74, 6) is 0.0679. The van der Waals surface area contributed by atoms with Gasteiger partial charge in [-0.05, 0) is 55.0 Å².